The van der Waals surface area contributed by atoms with Crippen molar-refractivity contribution in [2.24, 2.45) is 5.92 Å². The lowest BCUT2D eigenvalue weighted by Gasteiger charge is -2.24. The van der Waals surface area contributed by atoms with E-state index in [4.69, 9.17) is 4.74 Å². The summed E-state index contributed by atoms with van der Waals surface area (Å²) >= 11 is 3.37. The maximum Gasteiger partial charge on any atom is 0.417 e. The molecule has 0 saturated carbocycles. The summed E-state index contributed by atoms with van der Waals surface area (Å²) in [6, 6.07) is 16.6. The molecule has 1 aliphatic rings. The molecule has 2 atom stereocenters. The zero-order chi connectivity index (χ0) is 19.4. The van der Waals surface area contributed by atoms with E-state index < -0.39 is 24.0 Å². The number of hydrogen-bond donors (Lipinski definition) is 0. The van der Waals surface area contributed by atoms with Crippen molar-refractivity contribution >= 4 is 33.7 Å². The number of benzene rings is 2. The monoisotopic (exact) mass is 429 g/mol. The van der Waals surface area contributed by atoms with Crippen molar-refractivity contribution in [3.8, 4) is 0 Å². The van der Waals surface area contributed by atoms with Crippen LogP contribution in [0.15, 0.2) is 59.1 Å². The molecule has 1 fully saturated rings. The lowest BCUT2D eigenvalue weighted by Crippen LogP contribution is -2.45. The Morgan fingerprint density at radius 2 is 1.78 bits per heavy atom. The van der Waals surface area contributed by atoms with Crippen LogP contribution in [0.1, 0.15) is 18.1 Å². The Morgan fingerprint density at radius 3 is 2.41 bits per heavy atom. The Kier molecular flexibility index (Phi) is 6.06. The molecule has 0 aromatic heterocycles. The van der Waals surface area contributed by atoms with Crippen LogP contribution in [0.3, 0.4) is 0 Å². The number of carbonyl (C=O) groups excluding carboxylic acids is 3. The molecule has 0 N–H and O–H groups in total. The minimum Gasteiger partial charge on any atom is -0.447 e. The fourth-order valence-electron chi connectivity index (χ4n) is 3.20. The topological polar surface area (TPSA) is 63.7 Å². The standard InChI is InChI=1S/C21H20BrNO4/c1-14(24)19(12-16-7-9-17(22)10-8-16)20(25)23-18(13-27-21(23)26)11-15-5-3-2-4-6-15/h2-10,18-19H,11-13H2,1H3/t18-,19+/m0/s1. The SMILES string of the molecule is CC(=O)[C@@H](Cc1ccc(Br)cc1)C(=O)N1C(=O)OC[C@@H]1Cc1ccccc1. The molecule has 0 spiro atoms. The molecule has 0 aliphatic carbocycles. The van der Waals surface area contributed by atoms with E-state index in [2.05, 4.69) is 15.9 Å². The van der Waals surface area contributed by atoms with Crippen molar-refractivity contribution in [2.75, 3.05) is 6.61 Å². The highest BCUT2D eigenvalue weighted by Crippen LogP contribution is 2.23. The first kappa shape index (κ1) is 19.3. The first-order valence-corrected chi connectivity index (χ1v) is 9.53. The molecule has 140 valence electrons. The Bertz CT molecular complexity index is 835. The lowest BCUT2D eigenvalue weighted by atomic mass is 9.93. The largest absolute Gasteiger partial charge is 0.447 e. The van der Waals surface area contributed by atoms with Gasteiger partial charge in [0.05, 0.1) is 6.04 Å². The number of amides is 2. The number of ketones is 1. The number of imide groups is 1. The summed E-state index contributed by atoms with van der Waals surface area (Å²) in [6.07, 6.45) is 0.0767. The van der Waals surface area contributed by atoms with Crippen LogP contribution in [0.25, 0.3) is 0 Å². The highest BCUT2D eigenvalue weighted by Gasteiger charge is 2.42. The van der Waals surface area contributed by atoms with Gasteiger partial charge in [0.1, 0.15) is 18.3 Å². The average molecular weight is 430 g/mol. The molecule has 1 saturated heterocycles. The number of hydrogen-bond acceptors (Lipinski definition) is 4. The Morgan fingerprint density at radius 1 is 1.11 bits per heavy atom. The van der Waals surface area contributed by atoms with E-state index >= 15 is 0 Å². The van der Waals surface area contributed by atoms with Crippen LogP contribution < -0.4 is 0 Å². The first-order chi connectivity index (χ1) is 13.0. The van der Waals surface area contributed by atoms with Crippen LogP contribution >= 0.6 is 15.9 Å². The molecule has 0 unspecified atom stereocenters. The van der Waals surface area contributed by atoms with E-state index in [1.54, 1.807) is 0 Å². The predicted octanol–water partition coefficient (Wildman–Crippen LogP) is 3.79. The number of ether oxygens (including phenoxy) is 1. The highest BCUT2D eigenvalue weighted by atomic mass is 79.9. The van der Waals surface area contributed by atoms with Gasteiger partial charge in [-0.3, -0.25) is 9.59 Å². The maximum atomic E-state index is 13.1. The molecular formula is C21H20BrNO4. The molecular weight excluding hydrogens is 410 g/mol. The van der Waals surface area contributed by atoms with Gasteiger partial charge in [0.2, 0.25) is 5.91 Å². The van der Waals surface area contributed by atoms with E-state index in [1.807, 2.05) is 54.6 Å². The second-order valence-electron chi connectivity index (χ2n) is 6.62. The molecule has 0 radical (unpaired) electrons. The fraction of sp³-hybridized carbons (Fsp3) is 0.286. The Labute approximate surface area is 166 Å². The van der Waals surface area contributed by atoms with Crippen molar-refractivity contribution in [1.82, 2.24) is 4.90 Å². The van der Waals surface area contributed by atoms with Crippen LogP contribution in [0, 0.1) is 5.92 Å². The summed E-state index contributed by atoms with van der Waals surface area (Å²) in [5, 5.41) is 0. The van der Waals surface area contributed by atoms with E-state index in [9.17, 15) is 14.4 Å². The smallest absolute Gasteiger partial charge is 0.417 e. The molecule has 0 bridgehead atoms. The second kappa shape index (κ2) is 8.48. The Balaban J connectivity index is 1.79. The summed E-state index contributed by atoms with van der Waals surface area (Å²) in [6.45, 7) is 1.53. The van der Waals surface area contributed by atoms with Crippen LogP contribution in [-0.4, -0.2) is 35.3 Å². The van der Waals surface area contributed by atoms with Gasteiger partial charge in [0, 0.05) is 4.47 Å². The van der Waals surface area contributed by atoms with Crippen molar-refractivity contribution < 1.29 is 19.1 Å². The zero-order valence-corrected chi connectivity index (χ0v) is 16.5. The minimum atomic E-state index is -0.907. The first-order valence-electron chi connectivity index (χ1n) is 8.74. The molecule has 3 rings (SSSR count). The zero-order valence-electron chi connectivity index (χ0n) is 14.9. The molecule has 1 heterocycles. The average Bonchev–Trinajstić information content (AvgIpc) is 3.01. The quantitative estimate of drug-likeness (QED) is 0.655. The van der Waals surface area contributed by atoms with Crippen LogP contribution in [0.4, 0.5) is 4.79 Å². The molecule has 2 aromatic rings. The van der Waals surface area contributed by atoms with E-state index in [0.717, 1.165) is 20.5 Å². The van der Waals surface area contributed by atoms with Crippen molar-refractivity contribution in [2.45, 2.75) is 25.8 Å². The number of Topliss-reactive ketones (excluding diaryl/α,β-unsaturated/α-hetero) is 1. The third-order valence-corrected chi connectivity index (χ3v) is 5.18. The molecule has 5 nitrogen and oxygen atoms in total. The van der Waals surface area contributed by atoms with Crippen molar-refractivity contribution in [3.63, 3.8) is 0 Å². The number of halogens is 1. The van der Waals surface area contributed by atoms with Gasteiger partial charge in [-0.25, -0.2) is 9.69 Å². The van der Waals surface area contributed by atoms with Crippen LogP contribution in [0.2, 0.25) is 0 Å². The minimum absolute atomic E-state index is 0.141. The van der Waals surface area contributed by atoms with Crippen molar-refractivity contribution in [3.05, 3.63) is 70.2 Å². The highest BCUT2D eigenvalue weighted by molar-refractivity contribution is 9.10. The predicted molar refractivity (Wildman–Crippen MR) is 104 cm³/mol. The Hall–Kier alpha value is -2.47. The van der Waals surface area contributed by atoms with Gasteiger partial charge in [0.25, 0.3) is 0 Å². The number of rotatable bonds is 6. The second-order valence-corrected chi connectivity index (χ2v) is 7.54. The number of carbonyl (C=O) groups is 3. The van der Waals surface area contributed by atoms with E-state index in [0.29, 0.717) is 6.42 Å². The number of cyclic esters (lactones) is 1. The van der Waals surface area contributed by atoms with Gasteiger partial charge >= 0.3 is 6.09 Å². The number of nitrogens with zero attached hydrogens (tertiary/aromatic N) is 1. The maximum absolute atomic E-state index is 13.1. The molecule has 6 heteroatoms. The fourth-order valence-corrected chi connectivity index (χ4v) is 3.46. The lowest BCUT2D eigenvalue weighted by molar-refractivity contribution is -0.138. The summed E-state index contributed by atoms with van der Waals surface area (Å²) in [5.41, 5.74) is 1.87. The van der Waals surface area contributed by atoms with Gasteiger partial charge < -0.3 is 4.74 Å². The van der Waals surface area contributed by atoms with Gasteiger partial charge in [-0.2, -0.15) is 0 Å². The summed E-state index contributed by atoms with van der Waals surface area (Å²) < 4.78 is 6.04. The van der Waals surface area contributed by atoms with Gasteiger partial charge in [0.15, 0.2) is 0 Å². The van der Waals surface area contributed by atoms with Gasteiger partial charge in [-0.15, -0.1) is 0 Å². The summed E-state index contributed by atoms with van der Waals surface area (Å²) in [5.74, 6) is -1.66. The summed E-state index contributed by atoms with van der Waals surface area (Å²) in [7, 11) is 0. The molecule has 27 heavy (non-hydrogen) atoms. The molecule has 2 aromatic carbocycles. The summed E-state index contributed by atoms with van der Waals surface area (Å²) in [4.78, 5) is 38.6. The van der Waals surface area contributed by atoms with Gasteiger partial charge in [-0.1, -0.05) is 58.4 Å². The van der Waals surface area contributed by atoms with E-state index in [1.165, 1.54) is 6.92 Å². The van der Waals surface area contributed by atoms with Crippen LogP contribution in [-0.2, 0) is 27.2 Å². The third kappa shape index (κ3) is 4.63. The molecule has 1 aliphatic heterocycles. The third-order valence-electron chi connectivity index (χ3n) is 4.65. The van der Waals surface area contributed by atoms with Crippen molar-refractivity contribution in [1.29, 1.82) is 0 Å². The van der Waals surface area contributed by atoms with E-state index in [-0.39, 0.29) is 18.8 Å². The normalized spacial score (nSPS) is 17.5. The van der Waals surface area contributed by atoms with Crippen LogP contribution in [0.5, 0.6) is 0 Å². The molecule has 2 amide bonds. The van der Waals surface area contributed by atoms with Gasteiger partial charge in [-0.05, 0) is 43.0 Å².